The van der Waals surface area contributed by atoms with Crippen LogP contribution < -0.4 is 5.32 Å². The average Bonchev–Trinajstić information content (AvgIpc) is 2.41. The van der Waals surface area contributed by atoms with Gasteiger partial charge in [-0.15, -0.1) is 0 Å². The first-order valence-electron chi connectivity index (χ1n) is 6.25. The first-order chi connectivity index (χ1) is 9.15. The van der Waals surface area contributed by atoms with E-state index in [9.17, 15) is 4.79 Å². The van der Waals surface area contributed by atoms with Crippen LogP contribution in [0.15, 0.2) is 48.5 Å². The van der Waals surface area contributed by atoms with Gasteiger partial charge < -0.3 is 5.32 Å². The van der Waals surface area contributed by atoms with Crippen molar-refractivity contribution in [1.82, 2.24) is 0 Å². The number of para-hydroxylation sites is 1. The molecule has 0 spiro atoms. The first kappa shape index (κ1) is 13.6. The maximum Gasteiger partial charge on any atom is 0.224 e. The Morgan fingerprint density at radius 2 is 1.79 bits per heavy atom. The number of amides is 1. The molecule has 0 heterocycles. The van der Waals surface area contributed by atoms with E-state index in [0.717, 1.165) is 6.42 Å². The summed E-state index contributed by atoms with van der Waals surface area (Å²) in [6.07, 6.45) is 1.19. The predicted octanol–water partition coefficient (Wildman–Crippen LogP) is 4.22. The van der Waals surface area contributed by atoms with Gasteiger partial charge in [-0.05, 0) is 31.0 Å². The smallest absolute Gasteiger partial charge is 0.224 e. The normalized spacial score (nSPS) is 10.2. The van der Waals surface area contributed by atoms with Crippen LogP contribution >= 0.6 is 11.6 Å². The first-order valence-corrected chi connectivity index (χ1v) is 6.63. The highest BCUT2D eigenvalue weighted by Gasteiger charge is 2.05. The summed E-state index contributed by atoms with van der Waals surface area (Å²) in [5.41, 5.74) is 3.06. The third kappa shape index (κ3) is 4.11. The van der Waals surface area contributed by atoms with Crippen LogP contribution in [0, 0.1) is 6.92 Å². The number of carbonyl (C=O) groups excluding carboxylic acids is 1. The minimum absolute atomic E-state index is 0.0197. The average molecular weight is 274 g/mol. The quantitative estimate of drug-likeness (QED) is 0.888. The minimum Gasteiger partial charge on any atom is -0.325 e. The van der Waals surface area contributed by atoms with Crippen molar-refractivity contribution in [3.05, 3.63) is 64.7 Å². The fraction of sp³-hybridized carbons (Fsp3) is 0.188. The Bertz CT molecular complexity index is 563. The topological polar surface area (TPSA) is 29.1 Å². The lowest BCUT2D eigenvalue weighted by Gasteiger charge is -2.07. The van der Waals surface area contributed by atoms with Crippen molar-refractivity contribution in [2.24, 2.45) is 0 Å². The standard InChI is InChI=1S/C16H16ClNO/c1-12-6-8-13(9-7-12)10-11-16(19)18-15-5-3-2-4-14(15)17/h2-9H,10-11H2,1H3,(H,18,19). The van der Waals surface area contributed by atoms with E-state index in [1.54, 1.807) is 12.1 Å². The van der Waals surface area contributed by atoms with E-state index in [1.807, 2.05) is 19.1 Å². The Morgan fingerprint density at radius 1 is 1.11 bits per heavy atom. The van der Waals surface area contributed by atoms with Crippen molar-refractivity contribution in [3.8, 4) is 0 Å². The van der Waals surface area contributed by atoms with Gasteiger partial charge in [-0.2, -0.15) is 0 Å². The minimum atomic E-state index is -0.0197. The molecule has 3 heteroatoms. The van der Waals surface area contributed by atoms with Crippen LogP contribution in [0.25, 0.3) is 0 Å². The van der Waals surface area contributed by atoms with Gasteiger partial charge in [0.2, 0.25) is 5.91 Å². The molecule has 0 radical (unpaired) electrons. The molecule has 0 unspecified atom stereocenters. The van der Waals surface area contributed by atoms with Gasteiger partial charge in [0.05, 0.1) is 10.7 Å². The molecule has 0 atom stereocenters. The maximum absolute atomic E-state index is 11.8. The molecule has 19 heavy (non-hydrogen) atoms. The van der Waals surface area contributed by atoms with E-state index in [0.29, 0.717) is 17.1 Å². The fourth-order valence-electron chi connectivity index (χ4n) is 1.79. The third-order valence-electron chi connectivity index (χ3n) is 2.91. The van der Waals surface area contributed by atoms with Gasteiger partial charge in [0.15, 0.2) is 0 Å². The molecule has 2 aromatic carbocycles. The molecular weight excluding hydrogens is 258 g/mol. The highest BCUT2D eigenvalue weighted by molar-refractivity contribution is 6.33. The second kappa shape index (κ2) is 6.39. The molecule has 98 valence electrons. The summed E-state index contributed by atoms with van der Waals surface area (Å²) in [6.45, 7) is 2.05. The van der Waals surface area contributed by atoms with E-state index in [1.165, 1.54) is 11.1 Å². The molecule has 0 aliphatic rings. The number of carbonyl (C=O) groups is 1. The number of anilines is 1. The van der Waals surface area contributed by atoms with Crippen LogP contribution in [-0.2, 0) is 11.2 Å². The van der Waals surface area contributed by atoms with Crippen molar-refractivity contribution >= 4 is 23.2 Å². The van der Waals surface area contributed by atoms with Crippen molar-refractivity contribution in [3.63, 3.8) is 0 Å². The summed E-state index contributed by atoms with van der Waals surface area (Å²) in [7, 11) is 0. The monoisotopic (exact) mass is 273 g/mol. The number of benzene rings is 2. The molecule has 0 saturated carbocycles. The zero-order chi connectivity index (χ0) is 13.7. The predicted molar refractivity (Wildman–Crippen MR) is 79.6 cm³/mol. The number of rotatable bonds is 4. The molecule has 0 saturated heterocycles. The Morgan fingerprint density at radius 3 is 2.47 bits per heavy atom. The number of nitrogens with one attached hydrogen (secondary N) is 1. The molecule has 0 fully saturated rings. The summed E-state index contributed by atoms with van der Waals surface area (Å²) in [5.74, 6) is -0.0197. The van der Waals surface area contributed by atoms with Crippen LogP contribution in [0.4, 0.5) is 5.69 Å². The summed E-state index contributed by atoms with van der Waals surface area (Å²) in [6, 6.07) is 15.5. The number of halogens is 1. The Hall–Kier alpha value is -1.80. The lowest BCUT2D eigenvalue weighted by molar-refractivity contribution is -0.116. The second-order valence-corrected chi connectivity index (χ2v) is 4.92. The molecule has 0 bridgehead atoms. The van der Waals surface area contributed by atoms with Crippen LogP contribution in [0.2, 0.25) is 5.02 Å². The third-order valence-corrected chi connectivity index (χ3v) is 3.24. The lowest BCUT2D eigenvalue weighted by atomic mass is 10.1. The van der Waals surface area contributed by atoms with E-state index in [2.05, 4.69) is 29.6 Å². The SMILES string of the molecule is Cc1ccc(CCC(=O)Nc2ccccc2Cl)cc1. The van der Waals surface area contributed by atoms with Gasteiger partial charge >= 0.3 is 0 Å². The van der Waals surface area contributed by atoms with Gasteiger partial charge in [0.25, 0.3) is 0 Å². The second-order valence-electron chi connectivity index (χ2n) is 4.51. The highest BCUT2D eigenvalue weighted by atomic mass is 35.5. The fourth-order valence-corrected chi connectivity index (χ4v) is 1.97. The van der Waals surface area contributed by atoms with Crippen molar-refractivity contribution in [1.29, 1.82) is 0 Å². The van der Waals surface area contributed by atoms with Gasteiger partial charge in [-0.1, -0.05) is 53.6 Å². The summed E-state index contributed by atoms with van der Waals surface area (Å²) in [5, 5.41) is 3.38. The van der Waals surface area contributed by atoms with Crippen molar-refractivity contribution < 1.29 is 4.79 Å². The summed E-state index contributed by atoms with van der Waals surface area (Å²) in [4.78, 5) is 11.8. The molecule has 2 rings (SSSR count). The lowest BCUT2D eigenvalue weighted by Crippen LogP contribution is -2.12. The van der Waals surface area contributed by atoms with Gasteiger partial charge in [-0.25, -0.2) is 0 Å². The summed E-state index contributed by atoms with van der Waals surface area (Å²) < 4.78 is 0. The molecule has 1 N–H and O–H groups in total. The van der Waals surface area contributed by atoms with Gasteiger partial charge in [0, 0.05) is 6.42 Å². The molecule has 0 aromatic heterocycles. The van der Waals surface area contributed by atoms with Gasteiger partial charge in [-0.3, -0.25) is 4.79 Å². The number of hydrogen-bond donors (Lipinski definition) is 1. The summed E-state index contributed by atoms with van der Waals surface area (Å²) >= 11 is 5.99. The molecule has 0 aliphatic carbocycles. The van der Waals surface area contributed by atoms with Crippen LogP contribution in [0.5, 0.6) is 0 Å². The maximum atomic E-state index is 11.8. The van der Waals surface area contributed by atoms with Crippen molar-refractivity contribution in [2.75, 3.05) is 5.32 Å². The molecular formula is C16H16ClNO. The zero-order valence-corrected chi connectivity index (χ0v) is 11.6. The molecule has 1 amide bonds. The molecule has 2 aromatic rings. The largest absolute Gasteiger partial charge is 0.325 e. The number of hydrogen-bond acceptors (Lipinski definition) is 1. The Kier molecular flexibility index (Phi) is 4.58. The Labute approximate surface area is 118 Å². The van der Waals surface area contributed by atoms with E-state index < -0.39 is 0 Å². The van der Waals surface area contributed by atoms with Crippen LogP contribution in [0.3, 0.4) is 0 Å². The van der Waals surface area contributed by atoms with Gasteiger partial charge in [0.1, 0.15) is 0 Å². The Balaban J connectivity index is 1.88. The van der Waals surface area contributed by atoms with E-state index in [4.69, 9.17) is 11.6 Å². The number of aryl methyl sites for hydroxylation is 2. The molecule has 0 aliphatic heterocycles. The van der Waals surface area contributed by atoms with Crippen LogP contribution in [-0.4, -0.2) is 5.91 Å². The van der Waals surface area contributed by atoms with Crippen LogP contribution in [0.1, 0.15) is 17.5 Å². The van der Waals surface area contributed by atoms with Crippen molar-refractivity contribution in [2.45, 2.75) is 19.8 Å². The van der Waals surface area contributed by atoms with E-state index in [-0.39, 0.29) is 5.91 Å². The molecule has 2 nitrogen and oxygen atoms in total. The highest BCUT2D eigenvalue weighted by Crippen LogP contribution is 2.20. The van der Waals surface area contributed by atoms with E-state index >= 15 is 0 Å². The zero-order valence-electron chi connectivity index (χ0n) is 10.8.